The first-order valence-corrected chi connectivity index (χ1v) is 8.35. The summed E-state index contributed by atoms with van der Waals surface area (Å²) in [5, 5.41) is 3.27. The number of rotatable bonds is 3. The number of hydrogen-bond acceptors (Lipinski definition) is 3. The van der Waals surface area contributed by atoms with Gasteiger partial charge in [0.1, 0.15) is 5.92 Å². The molecule has 1 N–H and O–H groups in total. The summed E-state index contributed by atoms with van der Waals surface area (Å²) in [4.78, 5) is 28.9. The number of anilines is 1. The third-order valence-corrected chi connectivity index (χ3v) is 5.24. The minimum atomic E-state index is -0.526. The van der Waals surface area contributed by atoms with Gasteiger partial charge < -0.3 is 15.1 Å². The molecule has 2 aliphatic heterocycles. The van der Waals surface area contributed by atoms with Crippen molar-refractivity contribution in [3.63, 3.8) is 0 Å². The quantitative estimate of drug-likeness (QED) is 0.860. The molecule has 5 nitrogen and oxygen atoms in total. The minimum Gasteiger partial charge on any atom is -0.341 e. The van der Waals surface area contributed by atoms with E-state index in [2.05, 4.69) is 12.2 Å². The van der Waals surface area contributed by atoms with Crippen molar-refractivity contribution in [2.45, 2.75) is 32.7 Å². The molecule has 2 saturated heterocycles. The molecule has 2 heterocycles. The molecule has 23 heavy (non-hydrogen) atoms. The molecule has 0 aliphatic carbocycles. The first kappa shape index (κ1) is 16.0. The number of aryl methyl sites for hydroxylation is 2. The molecular weight excluding hydrogens is 290 g/mol. The zero-order valence-electron chi connectivity index (χ0n) is 14.1. The Labute approximate surface area is 137 Å². The maximum absolute atomic E-state index is 12.7. The monoisotopic (exact) mass is 315 g/mol. The summed E-state index contributed by atoms with van der Waals surface area (Å²) >= 11 is 0. The van der Waals surface area contributed by atoms with Gasteiger partial charge in [0.2, 0.25) is 11.8 Å². The molecule has 0 radical (unpaired) electrons. The van der Waals surface area contributed by atoms with E-state index >= 15 is 0 Å². The molecule has 5 heteroatoms. The zero-order chi connectivity index (χ0) is 16.6. The fourth-order valence-corrected chi connectivity index (χ4v) is 3.45. The second kappa shape index (κ2) is 6.32. The van der Waals surface area contributed by atoms with Gasteiger partial charge in [-0.05, 0) is 56.5 Å². The molecule has 0 saturated carbocycles. The maximum atomic E-state index is 12.7. The normalized spacial score (nSPS) is 24.3. The van der Waals surface area contributed by atoms with E-state index in [9.17, 15) is 9.59 Å². The third-order valence-electron chi connectivity index (χ3n) is 5.24. The van der Waals surface area contributed by atoms with E-state index in [1.54, 1.807) is 9.80 Å². The highest BCUT2D eigenvalue weighted by molar-refractivity contribution is 6.09. The number of benzene rings is 1. The van der Waals surface area contributed by atoms with Crippen LogP contribution in [0.15, 0.2) is 18.2 Å². The molecule has 0 aromatic heterocycles. The van der Waals surface area contributed by atoms with Crippen molar-refractivity contribution in [2.24, 2.45) is 5.92 Å². The van der Waals surface area contributed by atoms with E-state index in [0.29, 0.717) is 13.0 Å². The molecule has 2 amide bonds. The highest BCUT2D eigenvalue weighted by Crippen LogP contribution is 2.28. The van der Waals surface area contributed by atoms with Crippen molar-refractivity contribution in [2.75, 3.05) is 31.6 Å². The van der Waals surface area contributed by atoms with Crippen LogP contribution in [0.2, 0.25) is 0 Å². The van der Waals surface area contributed by atoms with Crippen LogP contribution < -0.4 is 10.2 Å². The van der Waals surface area contributed by atoms with Gasteiger partial charge in [-0.15, -0.1) is 0 Å². The standard InChI is InChI=1S/C18H25N3O2/c1-12-4-5-14(10-13(12)2)21-9-7-16(18(21)23)17(22)20(3)15-6-8-19-11-15/h4-5,10,15-16,19H,6-9,11H2,1-3H3/t15-,16+/m1/s1. The van der Waals surface area contributed by atoms with E-state index in [0.717, 1.165) is 25.2 Å². The third kappa shape index (κ3) is 2.98. The fraction of sp³-hybridized carbons (Fsp3) is 0.556. The van der Waals surface area contributed by atoms with E-state index in [4.69, 9.17) is 0 Å². The van der Waals surface area contributed by atoms with Crippen LogP contribution in [0.5, 0.6) is 0 Å². The second-order valence-corrected chi connectivity index (χ2v) is 6.70. The fourth-order valence-electron chi connectivity index (χ4n) is 3.45. The molecule has 2 aliphatic rings. The van der Waals surface area contributed by atoms with E-state index in [1.807, 2.05) is 32.2 Å². The second-order valence-electron chi connectivity index (χ2n) is 6.70. The predicted octanol–water partition coefficient (Wildman–Crippen LogP) is 1.48. The topological polar surface area (TPSA) is 52.7 Å². The Bertz CT molecular complexity index is 623. The van der Waals surface area contributed by atoms with Crippen LogP contribution in [-0.4, -0.2) is 49.4 Å². The molecule has 1 aromatic carbocycles. The van der Waals surface area contributed by atoms with E-state index < -0.39 is 5.92 Å². The van der Waals surface area contributed by atoms with Crippen molar-refractivity contribution in [3.05, 3.63) is 29.3 Å². The lowest BCUT2D eigenvalue weighted by atomic mass is 10.1. The van der Waals surface area contributed by atoms with Crippen molar-refractivity contribution in [1.29, 1.82) is 0 Å². The van der Waals surface area contributed by atoms with Gasteiger partial charge in [0.15, 0.2) is 0 Å². The SMILES string of the molecule is Cc1ccc(N2CC[C@@H](C(=O)N(C)[C@@H]3CCNC3)C2=O)cc1C. The highest BCUT2D eigenvalue weighted by atomic mass is 16.2. The lowest BCUT2D eigenvalue weighted by molar-refractivity contribution is -0.140. The summed E-state index contributed by atoms with van der Waals surface area (Å²) in [5.74, 6) is -0.617. The lowest BCUT2D eigenvalue weighted by Gasteiger charge is -2.26. The molecule has 0 unspecified atom stereocenters. The molecule has 124 valence electrons. The molecule has 0 spiro atoms. The number of carbonyl (C=O) groups is 2. The van der Waals surface area contributed by atoms with Crippen LogP contribution in [-0.2, 0) is 9.59 Å². The van der Waals surface area contributed by atoms with Crippen molar-refractivity contribution >= 4 is 17.5 Å². The molecule has 1 aromatic rings. The smallest absolute Gasteiger partial charge is 0.239 e. The zero-order valence-corrected chi connectivity index (χ0v) is 14.1. The Balaban J connectivity index is 1.73. The number of amides is 2. The van der Waals surface area contributed by atoms with Gasteiger partial charge in [-0.1, -0.05) is 6.07 Å². The van der Waals surface area contributed by atoms with Crippen molar-refractivity contribution in [3.8, 4) is 0 Å². The van der Waals surface area contributed by atoms with Crippen molar-refractivity contribution < 1.29 is 9.59 Å². The summed E-state index contributed by atoms with van der Waals surface area (Å²) in [7, 11) is 1.83. The Morgan fingerprint density at radius 1 is 1.26 bits per heavy atom. The number of carbonyl (C=O) groups excluding carboxylic acids is 2. The Morgan fingerprint density at radius 3 is 2.70 bits per heavy atom. The lowest BCUT2D eigenvalue weighted by Crippen LogP contribution is -2.44. The Kier molecular flexibility index (Phi) is 4.39. The largest absolute Gasteiger partial charge is 0.341 e. The number of nitrogens with one attached hydrogen (secondary N) is 1. The summed E-state index contributed by atoms with van der Waals surface area (Å²) < 4.78 is 0. The summed E-state index contributed by atoms with van der Waals surface area (Å²) in [6.07, 6.45) is 1.57. The Hall–Kier alpha value is -1.88. The molecule has 0 bridgehead atoms. The summed E-state index contributed by atoms with van der Waals surface area (Å²) in [6, 6.07) is 6.25. The average molecular weight is 315 g/mol. The highest BCUT2D eigenvalue weighted by Gasteiger charge is 2.40. The maximum Gasteiger partial charge on any atom is 0.239 e. The van der Waals surface area contributed by atoms with Crippen LogP contribution in [0.1, 0.15) is 24.0 Å². The van der Waals surface area contributed by atoms with Gasteiger partial charge in [0, 0.05) is 31.9 Å². The van der Waals surface area contributed by atoms with Crippen LogP contribution in [0.25, 0.3) is 0 Å². The van der Waals surface area contributed by atoms with Crippen LogP contribution >= 0.6 is 0 Å². The van der Waals surface area contributed by atoms with Crippen molar-refractivity contribution in [1.82, 2.24) is 10.2 Å². The van der Waals surface area contributed by atoms with Gasteiger partial charge in [0.05, 0.1) is 0 Å². The van der Waals surface area contributed by atoms with Gasteiger partial charge in [-0.2, -0.15) is 0 Å². The first-order chi connectivity index (χ1) is 11.0. The van der Waals surface area contributed by atoms with Crippen LogP contribution in [0.4, 0.5) is 5.69 Å². The number of hydrogen-bond donors (Lipinski definition) is 1. The summed E-state index contributed by atoms with van der Waals surface area (Å²) in [5.41, 5.74) is 3.28. The number of nitrogens with zero attached hydrogens (tertiary/aromatic N) is 2. The predicted molar refractivity (Wildman–Crippen MR) is 90.4 cm³/mol. The van der Waals surface area contributed by atoms with Gasteiger partial charge in [0.25, 0.3) is 0 Å². The van der Waals surface area contributed by atoms with Gasteiger partial charge >= 0.3 is 0 Å². The molecule has 2 fully saturated rings. The van der Waals surface area contributed by atoms with E-state index in [-0.39, 0.29) is 17.9 Å². The van der Waals surface area contributed by atoms with E-state index in [1.165, 1.54) is 11.1 Å². The minimum absolute atomic E-state index is 0.0324. The van der Waals surface area contributed by atoms with Crippen LogP contribution in [0.3, 0.4) is 0 Å². The molecular formula is C18H25N3O2. The molecule has 3 rings (SSSR count). The van der Waals surface area contributed by atoms with Crippen LogP contribution in [0, 0.1) is 19.8 Å². The average Bonchev–Trinajstić information content (AvgIpc) is 3.18. The molecule has 2 atom stereocenters. The van der Waals surface area contributed by atoms with Gasteiger partial charge in [-0.25, -0.2) is 0 Å². The Morgan fingerprint density at radius 2 is 2.04 bits per heavy atom. The summed E-state index contributed by atoms with van der Waals surface area (Å²) in [6.45, 7) is 6.49. The first-order valence-electron chi connectivity index (χ1n) is 8.35. The number of likely N-dealkylation sites (N-methyl/N-ethyl adjacent to an activating group) is 1. The van der Waals surface area contributed by atoms with Gasteiger partial charge in [-0.3, -0.25) is 9.59 Å².